The summed E-state index contributed by atoms with van der Waals surface area (Å²) in [5.74, 6) is 0. The van der Waals surface area contributed by atoms with Crippen molar-refractivity contribution >= 4 is 12.6 Å². The van der Waals surface area contributed by atoms with E-state index in [-0.39, 0.29) is 0 Å². The lowest BCUT2D eigenvalue weighted by Gasteiger charge is -2.41. The van der Waals surface area contributed by atoms with Gasteiger partial charge in [0, 0.05) is 13.1 Å². The molecule has 2 N–H and O–H groups in total. The number of nitrogens with one attached hydrogen (secondary N) is 1. The minimum absolute atomic E-state index is 0.421. The van der Waals surface area contributed by atoms with Crippen LogP contribution in [0.1, 0.15) is 33.6 Å². The molecule has 1 rings (SSSR count). The molecule has 14 heavy (non-hydrogen) atoms. The van der Waals surface area contributed by atoms with Crippen LogP contribution in [-0.2, 0) is 4.74 Å². The highest BCUT2D eigenvalue weighted by Gasteiger charge is 2.36. The van der Waals surface area contributed by atoms with E-state index in [2.05, 4.69) is 18.1 Å². The zero-order chi connectivity index (χ0) is 10.8. The fraction of sp³-hybridized carbons (Fsp3) is 1.00. The summed E-state index contributed by atoms with van der Waals surface area (Å²) >= 11 is 4.12. The first-order valence-electron chi connectivity index (χ1n) is 4.97. The number of hydrogen-bond donors (Lipinski definition) is 3. The van der Waals surface area contributed by atoms with E-state index in [1.165, 1.54) is 0 Å². The molecule has 0 bridgehead atoms. The van der Waals surface area contributed by atoms with Crippen molar-refractivity contribution in [2.24, 2.45) is 0 Å². The minimum Gasteiger partial charge on any atom is -0.344 e. The van der Waals surface area contributed by atoms with Crippen molar-refractivity contribution < 1.29 is 9.84 Å². The van der Waals surface area contributed by atoms with Crippen LogP contribution in [0.4, 0.5) is 0 Å². The molecule has 1 aliphatic heterocycles. The second-order valence-electron chi connectivity index (χ2n) is 4.56. The topological polar surface area (TPSA) is 44.7 Å². The van der Waals surface area contributed by atoms with Gasteiger partial charge in [-0.05, 0) is 33.6 Å². The van der Waals surface area contributed by atoms with Crippen LogP contribution >= 0.6 is 12.6 Å². The molecule has 4 nitrogen and oxygen atoms in total. The van der Waals surface area contributed by atoms with E-state index in [0.717, 1.165) is 25.9 Å². The van der Waals surface area contributed by atoms with Gasteiger partial charge in [0.15, 0.2) is 0 Å². The van der Waals surface area contributed by atoms with Gasteiger partial charge in [0.05, 0.1) is 5.60 Å². The number of ether oxygens (including phenoxy) is 1. The predicted molar refractivity (Wildman–Crippen MR) is 58.7 cm³/mol. The molecular formula is C9H20N2O2S. The van der Waals surface area contributed by atoms with Gasteiger partial charge in [-0.15, -0.1) is 0 Å². The van der Waals surface area contributed by atoms with Crippen LogP contribution in [-0.4, -0.2) is 34.0 Å². The summed E-state index contributed by atoms with van der Waals surface area (Å²) in [6, 6.07) is 0. The Morgan fingerprint density at radius 2 is 2.00 bits per heavy atom. The molecule has 0 radical (unpaired) electrons. The van der Waals surface area contributed by atoms with E-state index in [0.29, 0.717) is 0 Å². The Bertz CT molecular complexity index is 186. The first-order valence-corrected chi connectivity index (χ1v) is 5.42. The zero-order valence-corrected chi connectivity index (χ0v) is 9.97. The molecule has 0 aromatic heterocycles. The fourth-order valence-corrected chi connectivity index (χ4v) is 1.85. The number of aliphatic hydroxyl groups is 1. The van der Waals surface area contributed by atoms with E-state index in [1.54, 1.807) is 5.01 Å². The van der Waals surface area contributed by atoms with E-state index in [9.17, 15) is 5.11 Å². The van der Waals surface area contributed by atoms with Crippen LogP contribution < -0.4 is 5.43 Å². The van der Waals surface area contributed by atoms with Gasteiger partial charge in [-0.1, -0.05) is 12.6 Å². The summed E-state index contributed by atoms with van der Waals surface area (Å²) in [4.78, 5) is 0. The van der Waals surface area contributed by atoms with Crippen molar-refractivity contribution in [3.8, 4) is 0 Å². The van der Waals surface area contributed by atoms with Crippen molar-refractivity contribution in [3.63, 3.8) is 0 Å². The molecule has 84 valence electrons. The molecule has 0 saturated carbocycles. The number of thiol groups is 1. The third kappa shape index (κ3) is 3.74. The molecule has 1 saturated heterocycles. The Kier molecular flexibility index (Phi) is 3.82. The number of nitrogens with zero attached hydrogens (tertiary/aromatic N) is 1. The number of hydrogen-bond acceptors (Lipinski definition) is 5. The van der Waals surface area contributed by atoms with Crippen LogP contribution in [0, 0.1) is 0 Å². The fourth-order valence-electron chi connectivity index (χ4n) is 1.40. The summed E-state index contributed by atoms with van der Waals surface area (Å²) < 4.78 is 5.45. The quantitative estimate of drug-likeness (QED) is 0.479. The van der Waals surface area contributed by atoms with Gasteiger partial charge in [-0.3, -0.25) is 0 Å². The van der Waals surface area contributed by atoms with E-state index >= 15 is 0 Å². The van der Waals surface area contributed by atoms with Crippen molar-refractivity contribution in [1.82, 2.24) is 10.4 Å². The van der Waals surface area contributed by atoms with Gasteiger partial charge in [0.2, 0.25) is 0 Å². The highest BCUT2D eigenvalue weighted by Crippen LogP contribution is 2.25. The predicted octanol–water partition coefficient (Wildman–Crippen LogP) is 0.935. The largest absolute Gasteiger partial charge is 0.344 e. The van der Waals surface area contributed by atoms with Crippen molar-refractivity contribution in [1.29, 1.82) is 0 Å². The smallest absolute Gasteiger partial charge is 0.290 e. The molecular weight excluding hydrogens is 200 g/mol. The molecule has 1 heterocycles. The second kappa shape index (κ2) is 4.37. The monoisotopic (exact) mass is 220 g/mol. The standard InChI is InChI=1S/C9H20N2O2S/c1-8(2,3)13-9(12,14)11-7-5-4-6-10-11/h10,12,14H,4-7H2,1-3H3. The maximum atomic E-state index is 9.98. The van der Waals surface area contributed by atoms with Crippen LogP contribution in [0.25, 0.3) is 0 Å². The van der Waals surface area contributed by atoms with Gasteiger partial charge in [-0.2, -0.15) is 5.01 Å². The number of rotatable bonds is 2. The van der Waals surface area contributed by atoms with E-state index < -0.39 is 10.8 Å². The zero-order valence-electron chi connectivity index (χ0n) is 9.08. The number of hydrazine groups is 1. The molecule has 0 aromatic rings. The Balaban J connectivity index is 2.54. The minimum atomic E-state index is -1.53. The maximum Gasteiger partial charge on any atom is 0.290 e. The second-order valence-corrected chi connectivity index (χ2v) is 5.14. The van der Waals surface area contributed by atoms with Crippen molar-refractivity contribution in [3.05, 3.63) is 0 Å². The highest BCUT2D eigenvalue weighted by molar-refractivity contribution is 7.81. The van der Waals surface area contributed by atoms with E-state index in [4.69, 9.17) is 4.74 Å². The van der Waals surface area contributed by atoms with Crippen LogP contribution in [0.3, 0.4) is 0 Å². The summed E-state index contributed by atoms with van der Waals surface area (Å²) in [6.07, 6.45) is 2.17. The Hall–Kier alpha value is 0.190. The first-order chi connectivity index (χ1) is 6.31. The molecule has 1 unspecified atom stereocenters. The third-order valence-electron chi connectivity index (χ3n) is 1.91. The van der Waals surface area contributed by atoms with Crippen LogP contribution in [0.2, 0.25) is 0 Å². The molecule has 0 aromatic carbocycles. The summed E-state index contributed by atoms with van der Waals surface area (Å²) in [7, 11) is 0. The lowest BCUT2D eigenvalue weighted by Crippen LogP contribution is -2.58. The SMILES string of the molecule is CC(C)(C)OC(O)(S)N1CCCCN1. The Morgan fingerprint density at radius 3 is 2.43 bits per heavy atom. The summed E-state index contributed by atoms with van der Waals surface area (Å²) in [5.41, 5.74) is 2.64. The average molecular weight is 220 g/mol. The van der Waals surface area contributed by atoms with Crippen molar-refractivity contribution in [2.45, 2.75) is 44.5 Å². The maximum absolute atomic E-state index is 9.98. The van der Waals surface area contributed by atoms with Crippen LogP contribution in [0.5, 0.6) is 0 Å². The van der Waals surface area contributed by atoms with Gasteiger partial charge < -0.3 is 9.84 Å². The molecule has 0 aliphatic carbocycles. The first kappa shape index (κ1) is 12.3. The Morgan fingerprint density at radius 1 is 1.36 bits per heavy atom. The van der Waals surface area contributed by atoms with Gasteiger partial charge in [-0.25, -0.2) is 5.43 Å². The highest BCUT2D eigenvalue weighted by atomic mass is 32.1. The normalized spacial score (nSPS) is 24.6. The molecule has 1 aliphatic rings. The lowest BCUT2D eigenvalue weighted by atomic mass is 10.2. The van der Waals surface area contributed by atoms with Crippen molar-refractivity contribution in [2.75, 3.05) is 13.1 Å². The van der Waals surface area contributed by atoms with Gasteiger partial charge in [0.1, 0.15) is 0 Å². The lowest BCUT2D eigenvalue weighted by molar-refractivity contribution is -0.281. The van der Waals surface area contributed by atoms with E-state index in [1.807, 2.05) is 20.8 Å². The third-order valence-corrected chi connectivity index (χ3v) is 2.24. The molecule has 0 spiro atoms. The Labute approximate surface area is 91.0 Å². The van der Waals surface area contributed by atoms with Gasteiger partial charge in [0.25, 0.3) is 5.24 Å². The summed E-state index contributed by atoms with van der Waals surface area (Å²) in [6.45, 7) is 7.26. The summed E-state index contributed by atoms with van der Waals surface area (Å²) in [5, 5.41) is 10.1. The molecule has 5 heteroatoms. The van der Waals surface area contributed by atoms with Crippen LogP contribution in [0.15, 0.2) is 0 Å². The average Bonchev–Trinajstić information content (AvgIpc) is 2.01. The molecule has 0 amide bonds. The molecule has 1 fully saturated rings. The van der Waals surface area contributed by atoms with Gasteiger partial charge >= 0.3 is 0 Å². The molecule has 1 atom stereocenters.